The molecule has 2 rings (SSSR count). The van der Waals surface area contributed by atoms with Crippen molar-refractivity contribution in [1.82, 2.24) is 0 Å². The summed E-state index contributed by atoms with van der Waals surface area (Å²) in [7, 11) is 1.38. The number of methoxy groups -OCH3 is 1. The predicted octanol–water partition coefficient (Wildman–Crippen LogP) is 2.54. The van der Waals surface area contributed by atoms with Gasteiger partial charge in [0.15, 0.2) is 5.78 Å². The van der Waals surface area contributed by atoms with Crippen molar-refractivity contribution >= 4 is 11.8 Å². The van der Waals surface area contributed by atoms with Crippen LogP contribution in [0.4, 0.5) is 0 Å². The van der Waals surface area contributed by atoms with Gasteiger partial charge in [0.05, 0.1) is 19.6 Å². The molecular formula is C19H21NO3. The van der Waals surface area contributed by atoms with Crippen molar-refractivity contribution in [3.63, 3.8) is 0 Å². The highest BCUT2D eigenvalue weighted by Gasteiger charge is 2.15. The maximum Gasteiger partial charge on any atom is 0.309 e. The number of Topliss-reactive ketones (excluding diaryl/α,β-unsaturated/α-hetero) is 1. The highest BCUT2D eigenvalue weighted by Crippen LogP contribution is 2.12. The summed E-state index contributed by atoms with van der Waals surface area (Å²) < 4.78 is 4.67. The van der Waals surface area contributed by atoms with Crippen LogP contribution in [0.5, 0.6) is 0 Å². The molecule has 0 saturated carbocycles. The molecule has 0 amide bonds. The van der Waals surface area contributed by atoms with E-state index < -0.39 is 6.04 Å². The van der Waals surface area contributed by atoms with Gasteiger partial charge in [-0.3, -0.25) is 9.59 Å². The van der Waals surface area contributed by atoms with Gasteiger partial charge in [0.2, 0.25) is 0 Å². The minimum absolute atomic E-state index is 0.0451. The van der Waals surface area contributed by atoms with Crippen LogP contribution in [-0.2, 0) is 22.4 Å². The van der Waals surface area contributed by atoms with Crippen molar-refractivity contribution < 1.29 is 14.3 Å². The number of carbonyl (C=O) groups is 2. The standard InChI is InChI=1S/C19H21NO3/c1-23-18(21)13-15-7-5-6-14(12-15)10-11-17(20)19(22)16-8-3-2-4-9-16/h2-9,12,17H,10-11,13,20H2,1H3. The fourth-order valence-corrected chi connectivity index (χ4v) is 2.40. The number of nitrogens with two attached hydrogens (primary N) is 1. The zero-order valence-electron chi connectivity index (χ0n) is 13.2. The molecule has 23 heavy (non-hydrogen) atoms. The molecule has 1 atom stereocenters. The van der Waals surface area contributed by atoms with E-state index in [4.69, 9.17) is 5.73 Å². The van der Waals surface area contributed by atoms with Gasteiger partial charge in [0.25, 0.3) is 0 Å². The van der Waals surface area contributed by atoms with Crippen molar-refractivity contribution in [3.05, 3.63) is 71.3 Å². The number of esters is 1. The molecule has 0 fully saturated rings. The van der Waals surface area contributed by atoms with Crippen molar-refractivity contribution in [2.75, 3.05) is 7.11 Å². The van der Waals surface area contributed by atoms with Crippen LogP contribution in [0.1, 0.15) is 27.9 Å². The fraction of sp³-hybridized carbons (Fsp3) is 0.263. The number of ether oxygens (including phenoxy) is 1. The molecular weight excluding hydrogens is 290 g/mol. The first-order valence-corrected chi connectivity index (χ1v) is 7.59. The summed E-state index contributed by atoms with van der Waals surface area (Å²) in [5.74, 6) is -0.311. The maximum absolute atomic E-state index is 12.2. The second-order valence-corrected chi connectivity index (χ2v) is 5.45. The van der Waals surface area contributed by atoms with Gasteiger partial charge in [0, 0.05) is 5.56 Å². The van der Waals surface area contributed by atoms with E-state index in [1.165, 1.54) is 7.11 Å². The molecule has 2 N–H and O–H groups in total. The largest absolute Gasteiger partial charge is 0.469 e. The van der Waals surface area contributed by atoms with Gasteiger partial charge in [-0.2, -0.15) is 0 Å². The van der Waals surface area contributed by atoms with E-state index >= 15 is 0 Å². The minimum atomic E-state index is -0.526. The molecule has 0 saturated heterocycles. The monoisotopic (exact) mass is 311 g/mol. The highest BCUT2D eigenvalue weighted by molar-refractivity contribution is 5.99. The SMILES string of the molecule is COC(=O)Cc1cccc(CCC(N)C(=O)c2ccccc2)c1. The summed E-state index contributed by atoms with van der Waals surface area (Å²) in [5, 5.41) is 0. The lowest BCUT2D eigenvalue weighted by atomic mass is 9.97. The van der Waals surface area contributed by atoms with Crippen molar-refractivity contribution in [3.8, 4) is 0 Å². The summed E-state index contributed by atoms with van der Waals surface area (Å²) >= 11 is 0. The van der Waals surface area contributed by atoms with Crippen LogP contribution in [0.15, 0.2) is 54.6 Å². The molecule has 1 unspecified atom stereocenters. The van der Waals surface area contributed by atoms with E-state index in [0.29, 0.717) is 18.4 Å². The molecule has 0 spiro atoms. The van der Waals surface area contributed by atoms with Crippen molar-refractivity contribution in [1.29, 1.82) is 0 Å². The van der Waals surface area contributed by atoms with Crippen molar-refractivity contribution in [2.45, 2.75) is 25.3 Å². The first kappa shape index (κ1) is 16.9. The third kappa shape index (κ3) is 5.04. The van der Waals surface area contributed by atoms with Gasteiger partial charge in [-0.25, -0.2) is 0 Å². The molecule has 4 heteroatoms. The normalized spacial score (nSPS) is 11.7. The molecule has 0 aliphatic heterocycles. The Kier molecular flexibility index (Phi) is 6.06. The summed E-state index contributed by atoms with van der Waals surface area (Å²) in [4.78, 5) is 23.5. The van der Waals surface area contributed by atoms with Gasteiger partial charge in [-0.15, -0.1) is 0 Å². The molecule has 4 nitrogen and oxygen atoms in total. The van der Waals surface area contributed by atoms with Crippen LogP contribution < -0.4 is 5.73 Å². The predicted molar refractivity (Wildman–Crippen MR) is 89.2 cm³/mol. The molecule has 0 aliphatic rings. The molecule has 0 heterocycles. The zero-order chi connectivity index (χ0) is 16.7. The van der Waals surface area contributed by atoms with Gasteiger partial charge in [-0.05, 0) is 24.0 Å². The summed E-state index contributed by atoms with van der Waals surface area (Å²) in [6, 6.07) is 16.3. The first-order chi connectivity index (χ1) is 11.1. The molecule has 120 valence electrons. The minimum Gasteiger partial charge on any atom is -0.469 e. The molecule has 0 radical (unpaired) electrons. The van der Waals surface area contributed by atoms with E-state index in [-0.39, 0.29) is 18.2 Å². The lowest BCUT2D eigenvalue weighted by Gasteiger charge is -2.11. The zero-order valence-corrected chi connectivity index (χ0v) is 13.2. The Labute approximate surface area is 136 Å². The fourth-order valence-electron chi connectivity index (χ4n) is 2.40. The lowest BCUT2D eigenvalue weighted by Crippen LogP contribution is -2.31. The van der Waals surface area contributed by atoms with Crippen LogP contribution in [0.2, 0.25) is 0 Å². The van der Waals surface area contributed by atoms with E-state index in [2.05, 4.69) is 4.74 Å². The van der Waals surface area contributed by atoms with Crippen LogP contribution in [0.3, 0.4) is 0 Å². The third-order valence-corrected chi connectivity index (χ3v) is 3.71. The summed E-state index contributed by atoms with van der Waals surface area (Å²) in [5.41, 5.74) is 8.61. The Morgan fingerprint density at radius 1 is 1.04 bits per heavy atom. The van der Waals surface area contributed by atoms with Gasteiger partial charge in [0.1, 0.15) is 0 Å². The average Bonchev–Trinajstić information content (AvgIpc) is 2.60. The molecule has 0 aromatic heterocycles. The number of ketones is 1. The molecule has 0 aliphatic carbocycles. The Hall–Kier alpha value is -2.46. The van der Waals surface area contributed by atoms with E-state index in [1.54, 1.807) is 12.1 Å². The maximum atomic E-state index is 12.2. The quantitative estimate of drug-likeness (QED) is 0.630. The molecule has 2 aromatic rings. The van der Waals surface area contributed by atoms with E-state index in [9.17, 15) is 9.59 Å². The molecule has 2 aromatic carbocycles. The smallest absolute Gasteiger partial charge is 0.309 e. The summed E-state index contributed by atoms with van der Waals surface area (Å²) in [6.45, 7) is 0. The number of aryl methyl sites for hydroxylation is 1. The van der Waals surface area contributed by atoms with Crippen molar-refractivity contribution in [2.24, 2.45) is 5.73 Å². The number of rotatable bonds is 7. The third-order valence-electron chi connectivity index (χ3n) is 3.71. The van der Waals surface area contributed by atoms with Crippen LogP contribution in [-0.4, -0.2) is 24.9 Å². The van der Waals surface area contributed by atoms with Crippen LogP contribution in [0, 0.1) is 0 Å². The van der Waals surface area contributed by atoms with E-state index in [1.807, 2.05) is 42.5 Å². The number of benzene rings is 2. The van der Waals surface area contributed by atoms with Crippen LogP contribution in [0.25, 0.3) is 0 Å². The Morgan fingerprint density at radius 3 is 2.43 bits per heavy atom. The number of hydrogen-bond acceptors (Lipinski definition) is 4. The summed E-state index contributed by atoms with van der Waals surface area (Å²) in [6.07, 6.45) is 1.50. The van der Waals surface area contributed by atoms with Crippen LogP contribution >= 0.6 is 0 Å². The lowest BCUT2D eigenvalue weighted by molar-refractivity contribution is -0.139. The Morgan fingerprint density at radius 2 is 1.74 bits per heavy atom. The second kappa shape index (κ2) is 8.25. The number of hydrogen-bond donors (Lipinski definition) is 1. The Bertz CT molecular complexity index is 667. The van der Waals surface area contributed by atoms with Gasteiger partial charge >= 0.3 is 5.97 Å². The number of carbonyl (C=O) groups excluding carboxylic acids is 2. The van der Waals surface area contributed by atoms with Gasteiger partial charge < -0.3 is 10.5 Å². The highest BCUT2D eigenvalue weighted by atomic mass is 16.5. The topological polar surface area (TPSA) is 69.4 Å². The first-order valence-electron chi connectivity index (χ1n) is 7.59. The van der Waals surface area contributed by atoms with E-state index in [0.717, 1.165) is 11.1 Å². The Balaban J connectivity index is 1.94. The molecule has 0 bridgehead atoms. The van der Waals surface area contributed by atoms with Gasteiger partial charge in [-0.1, -0.05) is 54.6 Å². The second-order valence-electron chi connectivity index (χ2n) is 5.45. The average molecular weight is 311 g/mol.